The van der Waals surface area contributed by atoms with Gasteiger partial charge in [-0.05, 0) is 38.3 Å². The second-order valence-electron chi connectivity index (χ2n) is 5.33. The standard InChI is InChI=1S/C15H21N3O3/c1-10(14(19)18-8-3-2-4-9-18)17-13-11(15(20)21)6-5-7-12(13)16/h5-7,10,17H,2-4,8-9,16H2,1H3,(H,20,21). The highest BCUT2D eigenvalue weighted by Crippen LogP contribution is 2.25. The Morgan fingerprint density at radius 3 is 2.57 bits per heavy atom. The van der Waals surface area contributed by atoms with Crippen LogP contribution < -0.4 is 11.1 Å². The molecule has 114 valence electrons. The van der Waals surface area contributed by atoms with Crippen LogP contribution in [0, 0.1) is 0 Å². The third-order valence-corrected chi connectivity index (χ3v) is 3.73. The number of carboxylic acid groups (broad SMARTS) is 1. The van der Waals surface area contributed by atoms with Crippen LogP contribution in [-0.2, 0) is 4.79 Å². The molecule has 6 heteroatoms. The van der Waals surface area contributed by atoms with Gasteiger partial charge in [0.2, 0.25) is 5.91 Å². The molecule has 2 rings (SSSR count). The van der Waals surface area contributed by atoms with E-state index in [4.69, 9.17) is 5.73 Å². The van der Waals surface area contributed by atoms with Crippen LogP contribution in [0.15, 0.2) is 18.2 Å². The van der Waals surface area contributed by atoms with E-state index in [1.165, 1.54) is 6.07 Å². The Morgan fingerprint density at radius 2 is 1.95 bits per heavy atom. The average molecular weight is 291 g/mol. The first-order chi connectivity index (χ1) is 10.0. The Kier molecular flexibility index (Phi) is 4.67. The van der Waals surface area contributed by atoms with Gasteiger partial charge in [0, 0.05) is 13.1 Å². The zero-order valence-corrected chi connectivity index (χ0v) is 12.1. The maximum Gasteiger partial charge on any atom is 0.337 e. The smallest absolute Gasteiger partial charge is 0.337 e. The lowest BCUT2D eigenvalue weighted by atomic mass is 10.1. The number of benzene rings is 1. The lowest BCUT2D eigenvalue weighted by Crippen LogP contribution is -2.44. The summed E-state index contributed by atoms with van der Waals surface area (Å²) in [4.78, 5) is 25.4. The number of nitrogen functional groups attached to an aromatic ring is 1. The number of nitrogens with two attached hydrogens (primary N) is 1. The second-order valence-corrected chi connectivity index (χ2v) is 5.33. The van der Waals surface area contributed by atoms with E-state index in [0.29, 0.717) is 11.4 Å². The van der Waals surface area contributed by atoms with Crippen molar-refractivity contribution in [2.75, 3.05) is 24.1 Å². The quantitative estimate of drug-likeness (QED) is 0.735. The summed E-state index contributed by atoms with van der Waals surface area (Å²) in [7, 11) is 0. The van der Waals surface area contributed by atoms with Crippen molar-refractivity contribution in [1.29, 1.82) is 0 Å². The zero-order chi connectivity index (χ0) is 15.4. The summed E-state index contributed by atoms with van der Waals surface area (Å²) in [6.07, 6.45) is 3.19. The number of anilines is 2. The van der Waals surface area contributed by atoms with Crippen LogP contribution in [0.1, 0.15) is 36.5 Å². The van der Waals surface area contributed by atoms with Crippen molar-refractivity contribution in [3.8, 4) is 0 Å². The van der Waals surface area contributed by atoms with E-state index in [2.05, 4.69) is 5.32 Å². The molecule has 0 saturated carbocycles. The molecule has 0 spiro atoms. The van der Waals surface area contributed by atoms with E-state index in [9.17, 15) is 14.7 Å². The van der Waals surface area contributed by atoms with Crippen molar-refractivity contribution >= 4 is 23.3 Å². The molecule has 1 atom stereocenters. The summed E-state index contributed by atoms with van der Waals surface area (Å²) >= 11 is 0. The number of carbonyl (C=O) groups excluding carboxylic acids is 1. The monoisotopic (exact) mass is 291 g/mol. The number of carboxylic acids is 1. The zero-order valence-electron chi connectivity index (χ0n) is 12.1. The highest BCUT2D eigenvalue weighted by atomic mass is 16.4. The van der Waals surface area contributed by atoms with Gasteiger partial charge in [-0.2, -0.15) is 0 Å². The molecule has 6 nitrogen and oxygen atoms in total. The SMILES string of the molecule is CC(Nc1c(N)cccc1C(=O)O)C(=O)N1CCCCC1. The van der Waals surface area contributed by atoms with Crippen molar-refractivity contribution < 1.29 is 14.7 Å². The van der Waals surface area contributed by atoms with Crippen LogP contribution in [0.5, 0.6) is 0 Å². The van der Waals surface area contributed by atoms with E-state index in [0.717, 1.165) is 32.4 Å². The number of aromatic carboxylic acids is 1. The number of rotatable bonds is 4. The molecular weight excluding hydrogens is 270 g/mol. The second kappa shape index (κ2) is 6.47. The number of nitrogens with one attached hydrogen (secondary N) is 1. The minimum absolute atomic E-state index is 0.0192. The van der Waals surface area contributed by atoms with Crippen molar-refractivity contribution in [2.45, 2.75) is 32.2 Å². The maximum absolute atomic E-state index is 12.4. The topological polar surface area (TPSA) is 95.7 Å². The Bertz CT molecular complexity index is 539. The lowest BCUT2D eigenvalue weighted by Gasteiger charge is -2.30. The average Bonchev–Trinajstić information content (AvgIpc) is 2.49. The van der Waals surface area contributed by atoms with E-state index in [1.807, 2.05) is 4.90 Å². The summed E-state index contributed by atoms with van der Waals surface area (Å²) in [5, 5.41) is 12.2. The predicted octanol–water partition coefficient (Wildman–Crippen LogP) is 1.78. The van der Waals surface area contributed by atoms with Gasteiger partial charge in [-0.25, -0.2) is 4.79 Å². The number of hydrogen-bond acceptors (Lipinski definition) is 4. The van der Waals surface area contributed by atoms with Gasteiger partial charge in [0.25, 0.3) is 0 Å². The van der Waals surface area contributed by atoms with Gasteiger partial charge in [0.1, 0.15) is 6.04 Å². The van der Waals surface area contributed by atoms with Crippen molar-refractivity contribution in [1.82, 2.24) is 4.90 Å². The molecule has 1 aliphatic rings. The van der Waals surface area contributed by atoms with Gasteiger partial charge >= 0.3 is 5.97 Å². The molecule has 0 aromatic heterocycles. The van der Waals surface area contributed by atoms with Crippen molar-refractivity contribution in [3.05, 3.63) is 23.8 Å². The van der Waals surface area contributed by atoms with Crippen molar-refractivity contribution in [3.63, 3.8) is 0 Å². The van der Waals surface area contributed by atoms with Gasteiger partial charge in [0.15, 0.2) is 0 Å². The molecule has 21 heavy (non-hydrogen) atoms. The Hall–Kier alpha value is -2.24. The van der Waals surface area contributed by atoms with E-state index in [1.54, 1.807) is 19.1 Å². The minimum atomic E-state index is -1.07. The first kappa shape index (κ1) is 15.2. The fraction of sp³-hybridized carbons (Fsp3) is 0.467. The fourth-order valence-corrected chi connectivity index (χ4v) is 2.58. The number of para-hydroxylation sites is 1. The number of likely N-dealkylation sites (tertiary alicyclic amines) is 1. The fourth-order valence-electron chi connectivity index (χ4n) is 2.58. The van der Waals surface area contributed by atoms with Gasteiger partial charge < -0.3 is 21.1 Å². The molecule has 1 aromatic rings. The normalized spacial score (nSPS) is 16.3. The van der Waals surface area contributed by atoms with Gasteiger partial charge in [-0.15, -0.1) is 0 Å². The molecule has 1 amide bonds. The van der Waals surface area contributed by atoms with Crippen LogP contribution in [-0.4, -0.2) is 41.0 Å². The van der Waals surface area contributed by atoms with Crippen LogP contribution in [0.4, 0.5) is 11.4 Å². The van der Waals surface area contributed by atoms with Crippen LogP contribution in [0.3, 0.4) is 0 Å². The molecule has 1 aromatic carbocycles. The molecule has 0 bridgehead atoms. The third kappa shape index (κ3) is 3.45. The first-order valence-corrected chi connectivity index (χ1v) is 7.18. The summed E-state index contributed by atoms with van der Waals surface area (Å²) in [5.74, 6) is -1.09. The summed E-state index contributed by atoms with van der Waals surface area (Å²) in [6.45, 7) is 3.26. The van der Waals surface area contributed by atoms with Gasteiger partial charge in [-0.1, -0.05) is 6.07 Å². The molecular formula is C15H21N3O3. The minimum Gasteiger partial charge on any atom is -0.478 e. The number of carbonyl (C=O) groups is 2. The van der Waals surface area contributed by atoms with E-state index >= 15 is 0 Å². The van der Waals surface area contributed by atoms with Crippen LogP contribution in [0.25, 0.3) is 0 Å². The predicted molar refractivity (Wildman–Crippen MR) is 81.3 cm³/mol. The highest BCUT2D eigenvalue weighted by Gasteiger charge is 2.24. The maximum atomic E-state index is 12.4. The van der Waals surface area contributed by atoms with E-state index < -0.39 is 12.0 Å². The van der Waals surface area contributed by atoms with Gasteiger partial charge in [-0.3, -0.25) is 4.79 Å². The summed E-state index contributed by atoms with van der Waals surface area (Å²) < 4.78 is 0. The molecule has 1 aliphatic heterocycles. The van der Waals surface area contributed by atoms with Crippen LogP contribution >= 0.6 is 0 Å². The molecule has 0 radical (unpaired) electrons. The molecule has 1 heterocycles. The third-order valence-electron chi connectivity index (χ3n) is 3.73. The Labute approximate surface area is 123 Å². The Balaban J connectivity index is 2.13. The summed E-state index contributed by atoms with van der Waals surface area (Å²) in [5.41, 5.74) is 6.55. The first-order valence-electron chi connectivity index (χ1n) is 7.18. The number of piperidine rings is 1. The molecule has 1 saturated heterocycles. The Morgan fingerprint density at radius 1 is 1.29 bits per heavy atom. The molecule has 0 aliphatic carbocycles. The van der Waals surface area contributed by atoms with Gasteiger partial charge in [0.05, 0.1) is 16.9 Å². The van der Waals surface area contributed by atoms with E-state index in [-0.39, 0.29) is 11.5 Å². The largest absolute Gasteiger partial charge is 0.478 e. The number of amides is 1. The number of nitrogens with zero attached hydrogens (tertiary/aromatic N) is 1. The highest BCUT2D eigenvalue weighted by molar-refractivity contribution is 5.99. The number of hydrogen-bond donors (Lipinski definition) is 3. The molecule has 1 fully saturated rings. The van der Waals surface area contributed by atoms with Crippen LogP contribution in [0.2, 0.25) is 0 Å². The molecule has 4 N–H and O–H groups in total. The lowest BCUT2D eigenvalue weighted by molar-refractivity contribution is -0.132. The van der Waals surface area contributed by atoms with Crippen molar-refractivity contribution in [2.24, 2.45) is 0 Å². The summed E-state index contributed by atoms with van der Waals surface area (Å²) in [6, 6.07) is 4.17. The molecule has 1 unspecified atom stereocenters.